The van der Waals surface area contributed by atoms with Crippen LogP contribution in [0.2, 0.25) is 0 Å². The summed E-state index contributed by atoms with van der Waals surface area (Å²) in [7, 11) is 0. The largest absolute Gasteiger partial charge is 0.296 e. The van der Waals surface area contributed by atoms with Gasteiger partial charge in [-0.25, -0.2) is 0 Å². The summed E-state index contributed by atoms with van der Waals surface area (Å²) in [5, 5.41) is 12.0. The summed E-state index contributed by atoms with van der Waals surface area (Å²) >= 11 is 2.83. The molecule has 2 aromatic heterocycles. The molecule has 0 fully saturated rings. The predicted octanol–water partition coefficient (Wildman–Crippen LogP) is 3.57. The van der Waals surface area contributed by atoms with Crippen molar-refractivity contribution in [1.82, 2.24) is 15.2 Å². The van der Waals surface area contributed by atoms with Crippen LogP contribution < -0.4 is 5.32 Å². The molecule has 110 valence electrons. The number of nitrogens with one attached hydrogen (secondary N) is 1. The Morgan fingerprint density at radius 3 is 2.73 bits per heavy atom. The van der Waals surface area contributed by atoms with Gasteiger partial charge in [0.1, 0.15) is 5.69 Å². The van der Waals surface area contributed by atoms with E-state index in [4.69, 9.17) is 0 Å². The molecule has 1 aromatic carbocycles. The first kappa shape index (κ1) is 14.7. The number of rotatable bonds is 4. The lowest BCUT2D eigenvalue weighted by Gasteiger charge is -2.05. The van der Waals surface area contributed by atoms with E-state index in [2.05, 4.69) is 20.5 Å². The van der Waals surface area contributed by atoms with Gasteiger partial charge in [-0.2, -0.15) is 0 Å². The molecule has 3 aromatic rings. The summed E-state index contributed by atoms with van der Waals surface area (Å²) < 4.78 is 0. The van der Waals surface area contributed by atoms with E-state index in [1.54, 1.807) is 12.3 Å². The monoisotopic (exact) mass is 328 g/mol. The standard InChI is InChI=1S/C15H12N4OS2/c1-21-12-8-3-2-6-10(12)13(20)17-15-19-18-14(22-15)11-7-4-5-9-16-11/h2-9H,1H3,(H,17,19,20). The van der Waals surface area contributed by atoms with Gasteiger partial charge in [-0.15, -0.1) is 22.0 Å². The second-order valence-electron chi connectivity index (χ2n) is 4.28. The van der Waals surface area contributed by atoms with Gasteiger partial charge in [0.2, 0.25) is 5.13 Å². The maximum Gasteiger partial charge on any atom is 0.258 e. The van der Waals surface area contributed by atoms with Crippen molar-refractivity contribution in [2.45, 2.75) is 4.90 Å². The lowest BCUT2D eigenvalue weighted by atomic mass is 10.2. The predicted molar refractivity (Wildman–Crippen MR) is 89.3 cm³/mol. The number of hydrogen-bond donors (Lipinski definition) is 1. The third-order valence-electron chi connectivity index (χ3n) is 2.88. The molecule has 0 bridgehead atoms. The Hall–Kier alpha value is -2.25. The Kier molecular flexibility index (Phi) is 4.45. The van der Waals surface area contributed by atoms with Gasteiger partial charge in [0, 0.05) is 11.1 Å². The SMILES string of the molecule is CSc1ccccc1C(=O)Nc1nnc(-c2ccccn2)s1. The van der Waals surface area contributed by atoms with Crippen molar-refractivity contribution in [3.8, 4) is 10.7 Å². The molecule has 7 heteroatoms. The molecular formula is C15H12N4OS2. The van der Waals surface area contributed by atoms with Crippen LogP contribution in [-0.4, -0.2) is 27.3 Å². The van der Waals surface area contributed by atoms with Gasteiger partial charge in [-0.05, 0) is 30.5 Å². The molecular weight excluding hydrogens is 316 g/mol. The van der Waals surface area contributed by atoms with E-state index in [1.807, 2.05) is 42.7 Å². The van der Waals surface area contributed by atoms with E-state index in [0.29, 0.717) is 15.7 Å². The van der Waals surface area contributed by atoms with Gasteiger partial charge in [-0.3, -0.25) is 15.1 Å². The molecule has 0 aliphatic rings. The molecule has 5 nitrogen and oxygen atoms in total. The molecule has 0 unspecified atom stereocenters. The highest BCUT2D eigenvalue weighted by Gasteiger charge is 2.14. The van der Waals surface area contributed by atoms with E-state index < -0.39 is 0 Å². The minimum atomic E-state index is -0.186. The molecule has 0 spiro atoms. The van der Waals surface area contributed by atoms with Gasteiger partial charge in [-0.1, -0.05) is 29.5 Å². The topological polar surface area (TPSA) is 67.8 Å². The number of nitrogens with zero attached hydrogens (tertiary/aromatic N) is 3. The second-order valence-corrected chi connectivity index (χ2v) is 6.11. The van der Waals surface area contributed by atoms with Crippen molar-refractivity contribution in [2.75, 3.05) is 11.6 Å². The van der Waals surface area contributed by atoms with Crippen LogP contribution in [0, 0.1) is 0 Å². The van der Waals surface area contributed by atoms with Crippen LogP contribution in [0.5, 0.6) is 0 Å². The lowest BCUT2D eigenvalue weighted by molar-refractivity contribution is 0.102. The fourth-order valence-electron chi connectivity index (χ4n) is 1.86. The molecule has 22 heavy (non-hydrogen) atoms. The summed E-state index contributed by atoms with van der Waals surface area (Å²) in [6, 6.07) is 13.0. The van der Waals surface area contributed by atoms with E-state index in [1.165, 1.54) is 23.1 Å². The van der Waals surface area contributed by atoms with Crippen LogP contribution in [-0.2, 0) is 0 Å². The van der Waals surface area contributed by atoms with E-state index >= 15 is 0 Å². The lowest BCUT2D eigenvalue weighted by Crippen LogP contribution is -2.12. The molecule has 0 atom stereocenters. The number of pyridine rings is 1. The summed E-state index contributed by atoms with van der Waals surface area (Å²) in [4.78, 5) is 17.5. The van der Waals surface area contributed by atoms with E-state index in [0.717, 1.165) is 10.6 Å². The van der Waals surface area contributed by atoms with Gasteiger partial charge in [0.05, 0.1) is 5.56 Å². The van der Waals surface area contributed by atoms with Crippen LogP contribution >= 0.6 is 23.1 Å². The first-order valence-electron chi connectivity index (χ1n) is 6.47. The number of carbonyl (C=O) groups excluding carboxylic acids is 1. The van der Waals surface area contributed by atoms with Crippen LogP contribution in [0.25, 0.3) is 10.7 Å². The molecule has 0 aliphatic carbocycles. The Labute approximate surface area is 135 Å². The van der Waals surface area contributed by atoms with Gasteiger partial charge in [0.25, 0.3) is 5.91 Å². The number of anilines is 1. The van der Waals surface area contributed by atoms with Crippen molar-refractivity contribution < 1.29 is 4.79 Å². The highest BCUT2D eigenvalue weighted by molar-refractivity contribution is 7.98. The minimum Gasteiger partial charge on any atom is -0.296 e. The highest BCUT2D eigenvalue weighted by Crippen LogP contribution is 2.26. The van der Waals surface area contributed by atoms with Crippen LogP contribution in [0.4, 0.5) is 5.13 Å². The molecule has 1 amide bonds. The number of carbonyl (C=O) groups is 1. The number of amides is 1. The highest BCUT2D eigenvalue weighted by atomic mass is 32.2. The van der Waals surface area contributed by atoms with Crippen molar-refractivity contribution in [1.29, 1.82) is 0 Å². The summed E-state index contributed by atoms with van der Waals surface area (Å²) in [6.45, 7) is 0. The van der Waals surface area contributed by atoms with Crippen molar-refractivity contribution in [2.24, 2.45) is 0 Å². The van der Waals surface area contributed by atoms with Crippen molar-refractivity contribution in [3.63, 3.8) is 0 Å². The quantitative estimate of drug-likeness (QED) is 0.742. The maximum absolute atomic E-state index is 12.3. The zero-order valence-electron chi connectivity index (χ0n) is 11.7. The van der Waals surface area contributed by atoms with E-state index in [-0.39, 0.29) is 5.91 Å². The molecule has 3 rings (SSSR count). The third kappa shape index (κ3) is 3.15. The fraction of sp³-hybridized carbons (Fsp3) is 0.0667. The zero-order chi connectivity index (χ0) is 15.4. The number of thioether (sulfide) groups is 1. The average molecular weight is 328 g/mol. The molecule has 0 radical (unpaired) electrons. The zero-order valence-corrected chi connectivity index (χ0v) is 13.3. The average Bonchev–Trinajstić information content (AvgIpc) is 3.04. The Morgan fingerprint density at radius 1 is 1.14 bits per heavy atom. The van der Waals surface area contributed by atoms with Gasteiger partial charge in [0.15, 0.2) is 5.01 Å². The second kappa shape index (κ2) is 6.67. The summed E-state index contributed by atoms with van der Waals surface area (Å²) in [5.74, 6) is -0.186. The molecule has 0 saturated heterocycles. The van der Waals surface area contributed by atoms with Crippen molar-refractivity contribution in [3.05, 3.63) is 54.2 Å². The Morgan fingerprint density at radius 2 is 1.95 bits per heavy atom. The first-order valence-corrected chi connectivity index (χ1v) is 8.51. The number of aromatic nitrogens is 3. The minimum absolute atomic E-state index is 0.186. The van der Waals surface area contributed by atoms with Crippen molar-refractivity contribution >= 4 is 34.1 Å². The fourth-order valence-corrected chi connectivity index (χ4v) is 3.17. The first-order chi connectivity index (χ1) is 10.8. The third-order valence-corrected chi connectivity index (χ3v) is 4.54. The van der Waals surface area contributed by atoms with Crippen LogP contribution in [0.1, 0.15) is 10.4 Å². The van der Waals surface area contributed by atoms with Crippen LogP contribution in [0.15, 0.2) is 53.6 Å². The van der Waals surface area contributed by atoms with Gasteiger partial charge >= 0.3 is 0 Å². The maximum atomic E-state index is 12.3. The summed E-state index contributed by atoms with van der Waals surface area (Å²) in [5.41, 5.74) is 1.37. The number of hydrogen-bond acceptors (Lipinski definition) is 6. The molecule has 2 heterocycles. The van der Waals surface area contributed by atoms with E-state index in [9.17, 15) is 4.79 Å². The Balaban J connectivity index is 1.79. The molecule has 0 aliphatic heterocycles. The summed E-state index contributed by atoms with van der Waals surface area (Å²) in [6.07, 6.45) is 3.64. The Bertz CT molecular complexity index is 789. The van der Waals surface area contributed by atoms with Gasteiger partial charge < -0.3 is 0 Å². The molecule has 1 N–H and O–H groups in total. The van der Waals surface area contributed by atoms with Crippen LogP contribution in [0.3, 0.4) is 0 Å². The molecule has 0 saturated carbocycles. The smallest absolute Gasteiger partial charge is 0.258 e. The number of benzene rings is 1. The normalized spacial score (nSPS) is 10.4.